The van der Waals surface area contributed by atoms with Gasteiger partial charge in [-0.1, -0.05) is 11.8 Å². The van der Waals surface area contributed by atoms with E-state index in [1.54, 1.807) is 0 Å². The maximum absolute atomic E-state index is 5.78. The van der Waals surface area contributed by atoms with Gasteiger partial charge in [0.25, 0.3) is 0 Å². The Morgan fingerprint density at radius 2 is 1.94 bits per heavy atom. The maximum atomic E-state index is 5.78. The first kappa shape index (κ1) is 13.8. The Morgan fingerprint density at radius 3 is 2.56 bits per heavy atom. The molecule has 100 valence electrons. The number of aromatic nitrogens is 2. The van der Waals surface area contributed by atoms with Gasteiger partial charge in [-0.3, -0.25) is 0 Å². The average Bonchev–Trinajstić information content (AvgIpc) is 2.39. The van der Waals surface area contributed by atoms with Crippen molar-refractivity contribution in [1.29, 1.82) is 0 Å². The van der Waals surface area contributed by atoms with Gasteiger partial charge in [-0.25, -0.2) is 9.97 Å². The summed E-state index contributed by atoms with van der Waals surface area (Å²) in [6.45, 7) is 0. The Bertz CT molecular complexity index is 392. The summed E-state index contributed by atoms with van der Waals surface area (Å²) in [5.74, 6) is 1.40. The fraction of sp³-hybridized carbons (Fsp3) is 0.667. The van der Waals surface area contributed by atoms with Gasteiger partial charge in [-0.15, -0.1) is 0 Å². The fourth-order valence-corrected chi connectivity index (χ4v) is 3.39. The number of thioether (sulfide) groups is 2. The van der Waals surface area contributed by atoms with Crippen molar-refractivity contribution in [2.45, 2.75) is 42.1 Å². The molecular weight excluding hydrogens is 264 g/mol. The van der Waals surface area contributed by atoms with E-state index in [4.69, 9.17) is 5.73 Å². The molecule has 0 amide bonds. The molecule has 1 aliphatic carbocycles. The van der Waals surface area contributed by atoms with Crippen molar-refractivity contribution in [3.63, 3.8) is 0 Å². The van der Waals surface area contributed by atoms with Crippen LogP contribution in [0.25, 0.3) is 0 Å². The van der Waals surface area contributed by atoms with Crippen molar-refractivity contribution in [2.24, 2.45) is 0 Å². The molecule has 0 spiro atoms. The van der Waals surface area contributed by atoms with E-state index < -0.39 is 0 Å². The number of nitrogens with one attached hydrogen (secondary N) is 1. The van der Waals surface area contributed by atoms with Crippen LogP contribution in [0.3, 0.4) is 0 Å². The summed E-state index contributed by atoms with van der Waals surface area (Å²) in [4.78, 5) is 8.60. The van der Waals surface area contributed by atoms with Crippen LogP contribution in [-0.4, -0.2) is 33.8 Å². The summed E-state index contributed by atoms with van der Waals surface area (Å²) >= 11 is 3.50. The molecule has 4 nitrogen and oxygen atoms in total. The molecule has 0 aliphatic heterocycles. The molecule has 1 aromatic rings. The molecule has 1 saturated carbocycles. The number of nitrogens with zero attached hydrogens (tertiary/aromatic N) is 2. The zero-order valence-electron chi connectivity index (χ0n) is 10.8. The van der Waals surface area contributed by atoms with Crippen molar-refractivity contribution >= 4 is 35.2 Å². The maximum Gasteiger partial charge on any atom is 0.191 e. The van der Waals surface area contributed by atoms with Gasteiger partial charge in [-0.05, 0) is 38.2 Å². The third kappa shape index (κ3) is 3.68. The molecule has 6 heteroatoms. The first-order valence-corrected chi connectivity index (χ1v) is 8.70. The molecule has 1 aliphatic rings. The lowest BCUT2D eigenvalue weighted by Gasteiger charge is -2.28. The fourth-order valence-electron chi connectivity index (χ4n) is 2.26. The van der Waals surface area contributed by atoms with Crippen LogP contribution in [0.1, 0.15) is 25.7 Å². The predicted octanol–water partition coefficient (Wildman–Crippen LogP) is 2.87. The normalized spacial score (nSPS) is 23.9. The smallest absolute Gasteiger partial charge is 0.191 e. The van der Waals surface area contributed by atoms with Crippen molar-refractivity contribution in [2.75, 3.05) is 23.6 Å². The summed E-state index contributed by atoms with van der Waals surface area (Å²) in [7, 11) is 0. The first-order valence-electron chi connectivity index (χ1n) is 6.19. The highest BCUT2D eigenvalue weighted by molar-refractivity contribution is 7.99. The minimum atomic E-state index is 0.525. The lowest BCUT2D eigenvalue weighted by atomic mass is 9.95. The van der Waals surface area contributed by atoms with Gasteiger partial charge in [0.05, 0.1) is 0 Å². The number of hydrogen-bond donors (Lipinski definition) is 2. The Kier molecular flexibility index (Phi) is 5.00. The van der Waals surface area contributed by atoms with Gasteiger partial charge in [0.1, 0.15) is 11.6 Å². The second-order valence-corrected chi connectivity index (χ2v) is 6.43. The van der Waals surface area contributed by atoms with E-state index in [-0.39, 0.29) is 0 Å². The summed E-state index contributed by atoms with van der Waals surface area (Å²) in [6, 6.07) is 2.35. The van der Waals surface area contributed by atoms with E-state index in [9.17, 15) is 0 Å². The number of nitrogens with two attached hydrogens (primary N) is 1. The molecule has 1 fully saturated rings. The van der Waals surface area contributed by atoms with Crippen LogP contribution < -0.4 is 11.1 Å². The number of anilines is 2. The van der Waals surface area contributed by atoms with Crippen molar-refractivity contribution in [1.82, 2.24) is 9.97 Å². The minimum absolute atomic E-state index is 0.525. The number of nitrogen functional groups attached to an aromatic ring is 1. The zero-order valence-corrected chi connectivity index (χ0v) is 12.5. The summed E-state index contributed by atoms with van der Waals surface area (Å²) in [6.07, 6.45) is 9.16. The van der Waals surface area contributed by atoms with E-state index in [0.29, 0.717) is 11.9 Å². The lowest BCUT2D eigenvalue weighted by molar-refractivity contribution is 0.472. The number of rotatable bonds is 4. The van der Waals surface area contributed by atoms with Gasteiger partial charge in [0.2, 0.25) is 0 Å². The van der Waals surface area contributed by atoms with E-state index in [1.165, 1.54) is 37.4 Å². The molecule has 0 atom stereocenters. The van der Waals surface area contributed by atoms with E-state index in [0.717, 1.165) is 16.2 Å². The largest absolute Gasteiger partial charge is 0.383 e. The molecule has 0 saturated heterocycles. The van der Waals surface area contributed by atoms with Crippen molar-refractivity contribution < 1.29 is 0 Å². The van der Waals surface area contributed by atoms with Gasteiger partial charge < -0.3 is 11.1 Å². The first-order chi connectivity index (χ1) is 8.71. The molecule has 0 aromatic carbocycles. The molecule has 18 heavy (non-hydrogen) atoms. The average molecular weight is 284 g/mol. The molecule has 1 heterocycles. The lowest BCUT2D eigenvalue weighted by Crippen LogP contribution is -2.27. The van der Waals surface area contributed by atoms with Crippen LogP contribution >= 0.6 is 23.5 Å². The van der Waals surface area contributed by atoms with Crippen LogP contribution in [0.5, 0.6) is 0 Å². The van der Waals surface area contributed by atoms with Crippen LogP contribution in [0.15, 0.2) is 11.2 Å². The Morgan fingerprint density at radius 1 is 1.22 bits per heavy atom. The van der Waals surface area contributed by atoms with Gasteiger partial charge in [0.15, 0.2) is 5.16 Å². The molecule has 1 aromatic heterocycles. The van der Waals surface area contributed by atoms with E-state index in [2.05, 4.69) is 21.5 Å². The monoisotopic (exact) mass is 284 g/mol. The highest BCUT2D eigenvalue weighted by Crippen LogP contribution is 2.28. The minimum Gasteiger partial charge on any atom is -0.383 e. The number of hydrogen-bond acceptors (Lipinski definition) is 6. The van der Waals surface area contributed by atoms with Gasteiger partial charge >= 0.3 is 0 Å². The third-order valence-electron chi connectivity index (χ3n) is 3.27. The van der Waals surface area contributed by atoms with Crippen LogP contribution in [0.4, 0.5) is 11.6 Å². The topological polar surface area (TPSA) is 63.8 Å². The van der Waals surface area contributed by atoms with E-state index >= 15 is 0 Å². The van der Waals surface area contributed by atoms with Crippen LogP contribution in [0.2, 0.25) is 0 Å². The quantitative estimate of drug-likeness (QED) is 0.655. The molecule has 0 unspecified atom stereocenters. The highest BCUT2D eigenvalue weighted by Gasteiger charge is 2.20. The Hall–Kier alpha value is -0.620. The summed E-state index contributed by atoms with van der Waals surface area (Å²) in [5.41, 5.74) is 5.78. The summed E-state index contributed by atoms with van der Waals surface area (Å²) in [5, 5.41) is 5.05. The standard InChI is InChI=1S/C12H20N4S2/c1-17-9-5-3-8(4-6-9)14-11-7-10(13)15-12(16-11)18-2/h7-9H,3-6H2,1-2H3,(H3,13,14,15,16). The highest BCUT2D eigenvalue weighted by atomic mass is 32.2. The SMILES string of the molecule is CSc1nc(N)cc(NC2CCC(SC)CC2)n1. The summed E-state index contributed by atoms with van der Waals surface area (Å²) < 4.78 is 0. The second kappa shape index (κ2) is 6.52. The molecule has 0 radical (unpaired) electrons. The van der Waals surface area contributed by atoms with Crippen molar-refractivity contribution in [3.05, 3.63) is 6.07 Å². The second-order valence-electron chi connectivity index (χ2n) is 4.52. The third-order valence-corrected chi connectivity index (χ3v) is 4.95. The molecule has 0 bridgehead atoms. The van der Waals surface area contributed by atoms with Crippen LogP contribution in [0, 0.1) is 0 Å². The molecular formula is C12H20N4S2. The van der Waals surface area contributed by atoms with E-state index in [1.807, 2.05) is 24.1 Å². The van der Waals surface area contributed by atoms with Gasteiger partial charge in [0, 0.05) is 17.4 Å². The Labute approximate surface area is 117 Å². The van der Waals surface area contributed by atoms with Crippen molar-refractivity contribution in [3.8, 4) is 0 Å². The molecule has 2 rings (SSSR count). The predicted molar refractivity (Wildman–Crippen MR) is 81.4 cm³/mol. The zero-order chi connectivity index (χ0) is 13.0. The van der Waals surface area contributed by atoms with Crippen LogP contribution in [-0.2, 0) is 0 Å². The Balaban J connectivity index is 1.95. The molecule has 3 N–H and O–H groups in total. The van der Waals surface area contributed by atoms with Gasteiger partial charge in [-0.2, -0.15) is 11.8 Å².